The lowest BCUT2D eigenvalue weighted by atomic mass is 9.95. The summed E-state index contributed by atoms with van der Waals surface area (Å²) in [5.41, 5.74) is 2.76. The number of fused-ring (bicyclic) bond motifs is 1. The molecule has 210 valence electrons. The molecule has 3 rings (SSSR count). The Morgan fingerprint density at radius 3 is 2.27 bits per heavy atom. The number of hydrogen-bond acceptors (Lipinski definition) is 3. The molecule has 0 saturated carbocycles. The van der Waals surface area contributed by atoms with Crippen LogP contribution >= 0.6 is 11.6 Å². The SMILES string of the molecule is CC.CC.CC.CC(C)CCc1c(CCC(=O)O)ccc(OCc2cc(Cl)cc3c2OC(C)(C)C3)c1F. The zero-order valence-corrected chi connectivity index (χ0v) is 25.3. The second kappa shape index (κ2) is 17.3. The molecule has 2 aromatic carbocycles. The molecule has 1 heterocycles. The van der Waals surface area contributed by atoms with E-state index in [0.717, 1.165) is 35.3 Å². The number of benzene rings is 2. The fraction of sp³-hybridized carbons (Fsp3) is 0.581. The van der Waals surface area contributed by atoms with E-state index in [0.29, 0.717) is 29.3 Å². The summed E-state index contributed by atoms with van der Waals surface area (Å²) >= 11 is 6.28. The zero-order chi connectivity index (χ0) is 28.8. The van der Waals surface area contributed by atoms with Crippen molar-refractivity contribution in [3.8, 4) is 11.5 Å². The summed E-state index contributed by atoms with van der Waals surface area (Å²) in [6, 6.07) is 7.05. The lowest BCUT2D eigenvalue weighted by Gasteiger charge is -2.19. The van der Waals surface area contributed by atoms with Crippen molar-refractivity contribution in [2.75, 3.05) is 0 Å². The fourth-order valence-corrected chi connectivity index (χ4v) is 4.20. The van der Waals surface area contributed by atoms with Gasteiger partial charge < -0.3 is 14.6 Å². The van der Waals surface area contributed by atoms with Gasteiger partial charge in [-0.25, -0.2) is 4.39 Å². The third kappa shape index (κ3) is 10.9. The summed E-state index contributed by atoms with van der Waals surface area (Å²) in [5.74, 6) is 0.0133. The monoisotopic (exact) mass is 538 g/mol. The van der Waals surface area contributed by atoms with E-state index in [4.69, 9.17) is 26.2 Å². The second-order valence-corrected chi connectivity index (χ2v) is 9.66. The average molecular weight is 539 g/mol. The number of rotatable bonds is 9. The van der Waals surface area contributed by atoms with Crippen LogP contribution in [0, 0.1) is 11.7 Å². The van der Waals surface area contributed by atoms with Crippen LogP contribution in [0.3, 0.4) is 0 Å². The van der Waals surface area contributed by atoms with E-state index < -0.39 is 11.8 Å². The number of aliphatic carboxylic acids is 1. The normalized spacial score (nSPS) is 12.6. The summed E-state index contributed by atoms with van der Waals surface area (Å²) in [7, 11) is 0. The Hall–Kier alpha value is -2.27. The van der Waals surface area contributed by atoms with Crippen LogP contribution in [0.5, 0.6) is 11.5 Å². The highest BCUT2D eigenvalue weighted by Crippen LogP contribution is 2.40. The minimum absolute atomic E-state index is 0.0316. The van der Waals surface area contributed by atoms with Gasteiger partial charge in [0.25, 0.3) is 0 Å². The van der Waals surface area contributed by atoms with Crippen molar-refractivity contribution in [2.45, 2.75) is 114 Å². The van der Waals surface area contributed by atoms with Crippen molar-refractivity contribution in [3.63, 3.8) is 0 Å². The summed E-state index contributed by atoms with van der Waals surface area (Å²) in [5, 5.41) is 9.61. The van der Waals surface area contributed by atoms with E-state index in [1.807, 2.05) is 61.5 Å². The molecule has 1 aliphatic heterocycles. The van der Waals surface area contributed by atoms with Gasteiger partial charge in [0.1, 0.15) is 18.0 Å². The predicted molar refractivity (Wildman–Crippen MR) is 154 cm³/mol. The molecule has 4 nitrogen and oxygen atoms in total. The van der Waals surface area contributed by atoms with Crippen molar-refractivity contribution >= 4 is 17.6 Å². The lowest BCUT2D eigenvalue weighted by Crippen LogP contribution is -2.25. The molecule has 1 aliphatic rings. The second-order valence-electron chi connectivity index (χ2n) is 9.22. The van der Waals surface area contributed by atoms with Crippen molar-refractivity contribution in [2.24, 2.45) is 5.92 Å². The molecular weight excluding hydrogens is 491 g/mol. The Kier molecular flexibility index (Phi) is 16.2. The number of aryl methyl sites for hydroxylation is 1. The summed E-state index contributed by atoms with van der Waals surface area (Å²) in [6.07, 6.45) is 2.37. The van der Waals surface area contributed by atoms with E-state index in [2.05, 4.69) is 13.8 Å². The Labute approximate surface area is 229 Å². The molecule has 0 amide bonds. The Balaban J connectivity index is 0.00000201. The van der Waals surface area contributed by atoms with E-state index in [9.17, 15) is 4.79 Å². The number of ether oxygens (including phenoxy) is 2. The highest BCUT2D eigenvalue weighted by molar-refractivity contribution is 6.30. The molecule has 0 atom stereocenters. The van der Waals surface area contributed by atoms with Crippen LogP contribution in [0.15, 0.2) is 24.3 Å². The van der Waals surface area contributed by atoms with Gasteiger partial charge in [-0.3, -0.25) is 4.79 Å². The molecule has 0 aromatic heterocycles. The molecule has 1 N–H and O–H groups in total. The van der Waals surface area contributed by atoms with Crippen LogP contribution in [0.4, 0.5) is 4.39 Å². The lowest BCUT2D eigenvalue weighted by molar-refractivity contribution is -0.136. The van der Waals surface area contributed by atoms with E-state index >= 15 is 4.39 Å². The van der Waals surface area contributed by atoms with Gasteiger partial charge in [0, 0.05) is 23.4 Å². The molecular formula is C31H48ClFO4. The Bertz CT molecular complexity index is 970. The van der Waals surface area contributed by atoms with Crippen LogP contribution in [0.25, 0.3) is 0 Å². The molecule has 37 heavy (non-hydrogen) atoms. The minimum atomic E-state index is -0.895. The smallest absolute Gasteiger partial charge is 0.303 e. The van der Waals surface area contributed by atoms with E-state index in [1.54, 1.807) is 18.2 Å². The first kappa shape index (κ1) is 34.7. The van der Waals surface area contributed by atoms with Crippen LogP contribution in [-0.2, 0) is 30.7 Å². The Morgan fingerprint density at radius 1 is 1.08 bits per heavy atom. The fourth-order valence-electron chi connectivity index (χ4n) is 3.94. The highest BCUT2D eigenvalue weighted by Gasteiger charge is 2.32. The van der Waals surface area contributed by atoms with Crippen LogP contribution in [0.1, 0.15) is 104 Å². The van der Waals surface area contributed by atoms with Gasteiger partial charge in [-0.2, -0.15) is 0 Å². The van der Waals surface area contributed by atoms with Gasteiger partial charge in [0.15, 0.2) is 11.6 Å². The third-order valence-corrected chi connectivity index (χ3v) is 5.69. The van der Waals surface area contributed by atoms with Crippen molar-refractivity contribution in [3.05, 3.63) is 57.4 Å². The molecule has 2 aromatic rings. The molecule has 0 bridgehead atoms. The van der Waals surface area contributed by atoms with Gasteiger partial charge in [0.05, 0.1) is 0 Å². The number of carboxylic acids is 1. The average Bonchev–Trinajstić information content (AvgIpc) is 3.18. The standard InChI is InChI=1S/C25H30ClFO4.3C2H6/c1-15(2)5-8-20-16(7-10-22(28)29)6-9-21(23(20)27)30-14-18-12-19(26)11-17-13-25(3,4)31-24(17)18;3*1-2/h6,9,11-12,15H,5,7-8,10,13-14H2,1-4H3,(H,28,29);3*1-2H3. The first-order valence-corrected chi connectivity index (χ1v) is 14.1. The quantitative estimate of drug-likeness (QED) is 0.345. The molecule has 6 heteroatoms. The number of carboxylic acid groups (broad SMARTS) is 1. The molecule has 0 radical (unpaired) electrons. The highest BCUT2D eigenvalue weighted by atomic mass is 35.5. The van der Waals surface area contributed by atoms with Gasteiger partial charge in [-0.15, -0.1) is 0 Å². The topological polar surface area (TPSA) is 55.8 Å². The van der Waals surface area contributed by atoms with Crippen LogP contribution in [-0.4, -0.2) is 16.7 Å². The minimum Gasteiger partial charge on any atom is -0.487 e. The first-order chi connectivity index (χ1) is 17.6. The number of carbonyl (C=O) groups is 1. The maximum Gasteiger partial charge on any atom is 0.303 e. The van der Waals surface area contributed by atoms with Gasteiger partial charge >= 0.3 is 5.97 Å². The van der Waals surface area contributed by atoms with Crippen molar-refractivity contribution in [1.29, 1.82) is 0 Å². The van der Waals surface area contributed by atoms with E-state index in [-0.39, 0.29) is 24.4 Å². The maximum absolute atomic E-state index is 15.4. The number of halogens is 2. The molecule has 0 spiro atoms. The Morgan fingerprint density at radius 2 is 1.70 bits per heavy atom. The maximum atomic E-state index is 15.4. The number of hydrogen-bond donors (Lipinski definition) is 1. The first-order valence-electron chi connectivity index (χ1n) is 13.7. The zero-order valence-electron chi connectivity index (χ0n) is 24.6. The molecule has 0 saturated heterocycles. The molecule has 0 aliphatic carbocycles. The third-order valence-electron chi connectivity index (χ3n) is 5.47. The van der Waals surface area contributed by atoms with Crippen molar-refractivity contribution in [1.82, 2.24) is 0 Å². The summed E-state index contributed by atoms with van der Waals surface area (Å²) in [4.78, 5) is 11.0. The molecule has 0 unspecified atom stereocenters. The molecule has 0 fully saturated rings. The summed E-state index contributed by atoms with van der Waals surface area (Å²) in [6.45, 7) is 20.3. The predicted octanol–water partition coefficient (Wildman–Crippen LogP) is 9.46. The largest absolute Gasteiger partial charge is 0.487 e. The van der Waals surface area contributed by atoms with Gasteiger partial charge in [-0.1, -0.05) is 73.1 Å². The van der Waals surface area contributed by atoms with Crippen LogP contribution < -0.4 is 9.47 Å². The van der Waals surface area contributed by atoms with Gasteiger partial charge in [0.2, 0.25) is 0 Å². The van der Waals surface area contributed by atoms with Gasteiger partial charge in [-0.05, 0) is 73.9 Å². The summed E-state index contributed by atoms with van der Waals surface area (Å²) < 4.78 is 27.3. The van der Waals surface area contributed by atoms with Crippen LogP contribution in [0.2, 0.25) is 5.02 Å². The van der Waals surface area contributed by atoms with E-state index in [1.165, 1.54) is 0 Å². The van der Waals surface area contributed by atoms with Crippen molar-refractivity contribution < 1.29 is 23.8 Å².